The first-order chi connectivity index (χ1) is 19.0. The Bertz CT molecular complexity index is 1810. The maximum atomic E-state index is 13.8. The summed E-state index contributed by atoms with van der Waals surface area (Å²) in [5.74, 6) is 0. The van der Waals surface area contributed by atoms with Crippen molar-refractivity contribution in [2.45, 2.75) is 29.5 Å². The molecule has 0 radical (unpaired) electrons. The lowest BCUT2D eigenvalue weighted by Crippen LogP contribution is -2.38. The molecule has 1 fully saturated rings. The molecule has 13 heteroatoms. The van der Waals surface area contributed by atoms with Gasteiger partial charge in [-0.05, 0) is 55.3 Å². The number of sulfone groups is 1. The predicted octanol–water partition coefficient (Wildman–Crippen LogP) is 3.67. The number of nitrogens with zero attached hydrogens (tertiary/aromatic N) is 4. The number of fused-ring (bicyclic) bond motifs is 1. The van der Waals surface area contributed by atoms with E-state index in [0.717, 1.165) is 15.7 Å². The number of pyridine rings is 1. The summed E-state index contributed by atoms with van der Waals surface area (Å²) in [6.45, 7) is 1.91. The molecule has 0 aliphatic carbocycles. The topological polar surface area (TPSA) is 150 Å². The smallest absolute Gasteiger partial charge is 0.298 e. The Balaban J connectivity index is 1.55. The molecule has 4 aromatic rings. The Hall–Kier alpha value is -3.94. The first-order valence-corrected chi connectivity index (χ1v) is 15.9. The van der Waals surface area contributed by atoms with Gasteiger partial charge in [0.1, 0.15) is 21.6 Å². The van der Waals surface area contributed by atoms with E-state index in [-0.39, 0.29) is 32.4 Å². The zero-order chi connectivity index (χ0) is 28.7. The molecule has 0 unspecified atom stereocenters. The van der Waals surface area contributed by atoms with Gasteiger partial charge in [-0.3, -0.25) is 19.8 Å². The average Bonchev–Trinajstić information content (AvgIpc) is 3.34. The van der Waals surface area contributed by atoms with Gasteiger partial charge in [-0.25, -0.2) is 25.8 Å². The van der Waals surface area contributed by atoms with Crippen molar-refractivity contribution in [2.24, 2.45) is 0 Å². The van der Waals surface area contributed by atoms with Crippen molar-refractivity contribution in [3.05, 3.63) is 88.1 Å². The van der Waals surface area contributed by atoms with Crippen molar-refractivity contribution in [3.63, 3.8) is 0 Å². The zero-order valence-corrected chi connectivity index (χ0v) is 23.1. The molecule has 208 valence electrons. The summed E-state index contributed by atoms with van der Waals surface area (Å²) in [5.41, 5.74) is 0.805. The van der Waals surface area contributed by atoms with E-state index in [1.807, 2.05) is 12.1 Å². The van der Waals surface area contributed by atoms with Crippen molar-refractivity contribution in [1.82, 2.24) is 13.9 Å². The normalized spacial score (nSPS) is 15.3. The van der Waals surface area contributed by atoms with Crippen molar-refractivity contribution >= 4 is 42.9 Å². The second kappa shape index (κ2) is 10.6. The number of rotatable bonds is 8. The number of carbonyl (C=O) groups excluding carboxylic acids is 1. The van der Waals surface area contributed by atoms with Crippen molar-refractivity contribution < 1.29 is 26.6 Å². The van der Waals surface area contributed by atoms with Crippen LogP contribution in [0, 0.1) is 10.1 Å². The molecule has 0 amide bonds. The number of hydrogen-bond acceptors (Lipinski definition) is 9. The van der Waals surface area contributed by atoms with E-state index >= 15 is 0 Å². The Morgan fingerprint density at radius 2 is 1.68 bits per heavy atom. The van der Waals surface area contributed by atoms with Crippen LogP contribution in [-0.2, 0) is 26.4 Å². The molecule has 11 nitrogen and oxygen atoms in total. The first kappa shape index (κ1) is 27.6. The van der Waals surface area contributed by atoms with Gasteiger partial charge in [0.2, 0.25) is 0 Å². The van der Waals surface area contributed by atoms with Crippen LogP contribution in [0.3, 0.4) is 0 Å². The highest BCUT2D eigenvalue weighted by Crippen LogP contribution is 2.35. The number of likely N-dealkylation sites (tertiary alicyclic amines) is 1. The molecule has 1 saturated heterocycles. The molecule has 40 heavy (non-hydrogen) atoms. The van der Waals surface area contributed by atoms with E-state index in [1.54, 1.807) is 30.3 Å². The molecule has 2 aromatic carbocycles. The van der Waals surface area contributed by atoms with Crippen molar-refractivity contribution in [1.29, 1.82) is 0 Å². The van der Waals surface area contributed by atoms with Crippen LogP contribution >= 0.6 is 0 Å². The van der Waals surface area contributed by atoms with E-state index in [4.69, 9.17) is 0 Å². The zero-order valence-electron chi connectivity index (χ0n) is 21.5. The molecular formula is C27H26N4O7S2. The molecule has 1 aliphatic rings. The van der Waals surface area contributed by atoms with E-state index < -0.39 is 30.5 Å². The van der Waals surface area contributed by atoms with Crippen LogP contribution in [0.4, 0.5) is 5.69 Å². The van der Waals surface area contributed by atoms with Crippen molar-refractivity contribution in [3.8, 4) is 11.3 Å². The summed E-state index contributed by atoms with van der Waals surface area (Å²) < 4.78 is 52.3. The van der Waals surface area contributed by atoms with Crippen LogP contribution in [0.15, 0.2) is 71.8 Å². The second-order valence-electron chi connectivity index (χ2n) is 9.78. The molecule has 0 atom stereocenters. The average molecular weight is 583 g/mol. The van der Waals surface area contributed by atoms with Gasteiger partial charge in [0.05, 0.1) is 20.8 Å². The minimum atomic E-state index is -4.20. The highest BCUT2D eigenvalue weighted by atomic mass is 32.2. The molecule has 5 rings (SSSR count). The maximum Gasteiger partial charge on any atom is 0.298 e. The number of nitro groups is 1. The minimum Gasteiger partial charge on any atom is -0.299 e. The van der Waals surface area contributed by atoms with E-state index in [2.05, 4.69) is 9.88 Å². The third-order valence-electron chi connectivity index (χ3n) is 7.20. The summed E-state index contributed by atoms with van der Waals surface area (Å²) in [7, 11) is -7.26. The van der Waals surface area contributed by atoms with Gasteiger partial charge in [-0.2, -0.15) is 0 Å². The SMILES string of the molecule is CS(=O)(=O)C1CCN(Cc2ccc(-c3cc4c(C=O)c([N+](=O)[O-])cnc4n3S(=O)(=O)c3ccccc3)cc2)CC1. The number of aromatic nitrogens is 2. The maximum absolute atomic E-state index is 13.8. The van der Waals surface area contributed by atoms with Gasteiger partial charge < -0.3 is 0 Å². The van der Waals surface area contributed by atoms with Gasteiger partial charge in [0.15, 0.2) is 11.9 Å². The molecule has 0 bridgehead atoms. The predicted molar refractivity (Wildman–Crippen MR) is 149 cm³/mol. The summed E-state index contributed by atoms with van der Waals surface area (Å²) in [6.07, 6.45) is 3.65. The minimum absolute atomic E-state index is 0.00401. The summed E-state index contributed by atoms with van der Waals surface area (Å²) >= 11 is 0. The Kier molecular flexibility index (Phi) is 7.29. The van der Waals surface area contributed by atoms with E-state index in [1.165, 1.54) is 24.5 Å². The summed E-state index contributed by atoms with van der Waals surface area (Å²) in [4.78, 5) is 29.0. The van der Waals surface area contributed by atoms with E-state index in [0.29, 0.717) is 44.3 Å². The third-order valence-corrected chi connectivity index (χ3v) is 10.6. The number of piperidine rings is 1. The molecule has 2 aromatic heterocycles. The third kappa shape index (κ3) is 5.15. The molecule has 0 N–H and O–H groups in total. The number of aldehydes is 1. The van der Waals surface area contributed by atoms with Crippen molar-refractivity contribution in [2.75, 3.05) is 19.3 Å². The fourth-order valence-electron chi connectivity index (χ4n) is 5.08. The lowest BCUT2D eigenvalue weighted by molar-refractivity contribution is -0.385. The molecular weight excluding hydrogens is 556 g/mol. The van der Waals surface area contributed by atoms with E-state index in [9.17, 15) is 31.7 Å². The van der Waals surface area contributed by atoms with Crippen LogP contribution in [0.5, 0.6) is 0 Å². The number of carbonyl (C=O) groups is 1. The molecule has 1 aliphatic heterocycles. The molecule has 0 saturated carbocycles. The Labute approximate surface area is 231 Å². The van der Waals surface area contributed by atoms with Gasteiger partial charge in [-0.1, -0.05) is 42.5 Å². The number of hydrogen-bond donors (Lipinski definition) is 0. The lowest BCUT2D eigenvalue weighted by Gasteiger charge is -2.31. The second-order valence-corrected chi connectivity index (χ2v) is 13.9. The van der Waals surface area contributed by atoms with Crippen LogP contribution in [0.25, 0.3) is 22.3 Å². The van der Waals surface area contributed by atoms with Crippen LogP contribution in [0.1, 0.15) is 28.8 Å². The Morgan fingerprint density at radius 3 is 2.25 bits per heavy atom. The highest BCUT2D eigenvalue weighted by molar-refractivity contribution is 7.91. The standard InChI is InChI=1S/C27H26N4O7S2/c1-39(35,36)21-11-13-29(14-12-21)17-19-7-9-20(10-8-19)25-15-23-24(18-32)26(31(33)34)16-28-27(23)30(25)40(37,38)22-5-3-2-4-6-22/h2-10,15-16,18,21H,11-14,17H2,1H3. The molecule has 0 spiro atoms. The quantitative estimate of drug-likeness (QED) is 0.172. The van der Waals surface area contributed by atoms with Crippen LogP contribution in [-0.4, -0.2) is 66.5 Å². The lowest BCUT2D eigenvalue weighted by atomic mass is 10.1. The summed E-state index contributed by atoms with van der Waals surface area (Å²) in [5, 5.41) is 11.3. The van der Waals surface area contributed by atoms with Gasteiger partial charge in [-0.15, -0.1) is 0 Å². The van der Waals surface area contributed by atoms with Gasteiger partial charge in [0, 0.05) is 18.2 Å². The fraction of sp³-hybridized carbons (Fsp3) is 0.259. The van der Waals surface area contributed by atoms with Crippen LogP contribution < -0.4 is 0 Å². The molecule has 3 heterocycles. The van der Waals surface area contributed by atoms with Gasteiger partial charge in [0.25, 0.3) is 15.7 Å². The monoisotopic (exact) mass is 582 g/mol. The van der Waals surface area contributed by atoms with Crippen LogP contribution in [0.2, 0.25) is 0 Å². The number of benzene rings is 2. The fourth-order valence-corrected chi connectivity index (χ4v) is 7.65. The first-order valence-electron chi connectivity index (χ1n) is 12.5. The Morgan fingerprint density at radius 1 is 1.02 bits per heavy atom. The van der Waals surface area contributed by atoms with Gasteiger partial charge >= 0.3 is 0 Å². The largest absolute Gasteiger partial charge is 0.299 e. The highest BCUT2D eigenvalue weighted by Gasteiger charge is 2.29. The summed E-state index contributed by atoms with van der Waals surface area (Å²) in [6, 6.07) is 16.4.